The van der Waals surface area contributed by atoms with Crippen LogP contribution in [0.2, 0.25) is 0 Å². The Hall–Kier alpha value is -2.55. The minimum Gasteiger partial charge on any atom is -0.465 e. The molecule has 2 fully saturated rings. The molecule has 1 amide bonds. The molecule has 9 heteroatoms. The molecule has 4 rings (SSSR count). The molecule has 162 valence electrons. The Morgan fingerprint density at radius 1 is 1.10 bits per heavy atom. The summed E-state index contributed by atoms with van der Waals surface area (Å²) in [5.41, 5.74) is -0.579. The Labute approximate surface area is 172 Å². The van der Waals surface area contributed by atoms with Crippen molar-refractivity contribution in [3.63, 3.8) is 0 Å². The van der Waals surface area contributed by atoms with E-state index < -0.39 is 24.1 Å². The van der Waals surface area contributed by atoms with Crippen LogP contribution in [0, 0.1) is 0 Å². The molecular weight excluding hydrogens is 397 g/mol. The summed E-state index contributed by atoms with van der Waals surface area (Å²) < 4.78 is 44.5. The molecule has 6 nitrogen and oxygen atoms in total. The molecule has 2 aliphatic rings. The number of nitrogens with zero attached hydrogens (tertiary/aromatic N) is 3. The van der Waals surface area contributed by atoms with Crippen LogP contribution in [0.3, 0.4) is 0 Å². The van der Waals surface area contributed by atoms with Crippen molar-refractivity contribution in [1.82, 2.24) is 19.8 Å². The fourth-order valence-corrected chi connectivity index (χ4v) is 4.59. The van der Waals surface area contributed by atoms with Crippen LogP contribution in [0.25, 0.3) is 11.3 Å². The van der Waals surface area contributed by atoms with Crippen molar-refractivity contribution in [3.8, 4) is 11.3 Å². The van der Waals surface area contributed by atoms with Crippen molar-refractivity contribution in [2.75, 3.05) is 19.6 Å². The van der Waals surface area contributed by atoms with Gasteiger partial charge in [-0.3, -0.25) is 4.90 Å². The molecule has 3 heterocycles. The number of carbonyl (C=O) groups is 1. The number of halogens is 3. The van der Waals surface area contributed by atoms with E-state index in [2.05, 4.69) is 10.3 Å². The largest absolute Gasteiger partial charge is 0.465 e. The van der Waals surface area contributed by atoms with Crippen LogP contribution in [0.4, 0.5) is 18.0 Å². The quantitative estimate of drug-likeness (QED) is 0.752. The number of carboxylic acid groups (broad SMARTS) is 1. The van der Waals surface area contributed by atoms with Crippen LogP contribution >= 0.6 is 0 Å². The van der Waals surface area contributed by atoms with E-state index in [9.17, 15) is 23.1 Å². The average molecular weight is 422 g/mol. The first-order chi connectivity index (χ1) is 14.4. The van der Waals surface area contributed by atoms with Crippen LogP contribution < -0.4 is 5.32 Å². The summed E-state index contributed by atoms with van der Waals surface area (Å²) in [6.45, 7) is 1.63. The van der Waals surface area contributed by atoms with Crippen molar-refractivity contribution < 1.29 is 23.1 Å². The number of imidazole rings is 1. The highest BCUT2D eigenvalue weighted by Crippen LogP contribution is 2.44. The molecule has 0 saturated carbocycles. The number of nitrogens with one attached hydrogen (secondary N) is 1. The van der Waals surface area contributed by atoms with Crippen molar-refractivity contribution in [2.24, 2.45) is 0 Å². The minimum absolute atomic E-state index is 0.118. The van der Waals surface area contributed by atoms with E-state index in [1.54, 1.807) is 30.3 Å². The molecule has 2 saturated heterocycles. The second-order valence-electron chi connectivity index (χ2n) is 7.88. The van der Waals surface area contributed by atoms with E-state index in [4.69, 9.17) is 0 Å². The predicted molar refractivity (Wildman–Crippen MR) is 105 cm³/mol. The van der Waals surface area contributed by atoms with Gasteiger partial charge in [-0.15, -0.1) is 0 Å². The van der Waals surface area contributed by atoms with E-state index in [0.29, 0.717) is 56.6 Å². The first-order valence-electron chi connectivity index (χ1n) is 10.3. The van der Waals surface area contributed by atoms with Gasteiger partial charge in [-0.05, 0) is 45.2 Å². The van der Waals surface area contributed by atoms with Crippen molar-refractivity contribution in [3.05, 3.63) is 41.9 Å². The third kappa shape index (κ3) is 3.90. The van der Waals surface area contributed by atoms with Gasteiger partial charge in [0.15, 0.2) is 5.69 Å². The van der Waals surface area contributed by atoms with Gasteiger partial charge in [0.1, 0.15) is 17.7 Å². The Balaban J connectivity index is 1.95. The number of piperidine rings is 2. The maximum atomic E-state index is 14.4. The summed E-state index contributed by atoms with van der Waals surface area (Å²) in [6, 6.07) is 8.34. The molecule has 1 aromatic carbocycles. The lowest BCUT2D eigenvalue weighted by atomic mass is 9.96. The Kier molecular flexibility index (Phi) is 5.73. The van der Waals surface area contributed by atoms with Crippen molar-refractivity contribution >= 4 is 6.09 Å². The third-order valence-electron chi connectivity index (χ3n) is 5.97. The number of benzene rings is 1. The molecule has 2 aromatic rings. The smallest absolute Gasteiger partial charge is 0.433 e. The van der Waals surface area contributed by atoms with Gasteiger partial charge < -0.3 is 15.0 Å². The maximum absolute atomic E-state index is 14.4. The van der Waals surface area contributed by atoms with Crippen LogP contribution in [-0.4, -0.2) is 45.3 Å². The maximum Gasteiger partial charge on any atom is 0.433 e. The van der Waals surface area contributed by atoms with Gasteiger partial charge in [0, 0.05) is 18.0 Å². The summed E-state index contributed by atoms with van der Waals surface area (Å²) >= 11 is 0. The van der Waals surface area contributed by atoms with Crippen LogP contribution in [-0.2, 0) is 6.18 Å². The SMILES string of the molecule is O=C(O)N1CCCCC1n1c(C2CCNCC2)nc(-c2ccccc2)c1C(F)(F)F. The molecule has 1 atom stereocenters. The lowest BCUT2D eigenvalue weighted by Gasteiger charge is -2.37. The molecule has 30 heavy (non-hydrogen) atoms. The Morgan fingerprint density at radius 2 is 1.80 bits per heavy atom. The van der Waals surface area contributed by atoms with Gasteiger partial charge in [0.25, 0.3) is 0 Å². The van der Waals surface area contributed by atoms with Gasteiger partial charge in [-0.1, -0.05) is 30.3 Å². The average Bonchev–Trinajstić information content (AvgIpc) is 3.16. The number of rotatable bonds is 3. The molecule has 1 unspecified atom stereocenters. The number of aromatic nitrogens is 2. The highest BCUT2D eigenvalue weighted by molar-refractivity contribution is 5.66. The lowest BCUT2D eigenvalue weighted by Crippen LogP contribution is -2.42. The third-order valence-corrected chi connectivity index (χ3v) is 5.97. The monoisotopic (exact) mass is 422 g/mol. The standard InChI is InChI=1S/C21H25F3N4O2/c22-21(23,24)18-17(14-6-2-1-3-7-14)26-19(15-9-11-25-12-10-15)28(18)16-8-4-5-13-27(16)20(29)30/h1-3,6-7,15-16,25H,4-5,8-13H2,(H,29,30). The van der Waals surface area contributed by atoms with E-state index in [-0.39, 0.29) is 18.2 Å². The molecule has 2 aliphatic heterocycles. The number of hydrogen-bond donors (Lipinski definition) is 2. The van der Waals surface area contributed by atoms with Gasteiger partial charge in [-0.2, -0.15) is 13.2 Å². The number of hydrogen-bond acceptors (Lipinski definition) is 3. The lowest BCUT2D eigenvalue weighted by molar-refractivity contribution is -0.145. The molecule has 0 aliphatic carbocycles. The zero-order valence-corrected chi connectivity index (χ0v) is 16.5. The molecule has 0 radical (unpaired) electrons. The summed E-state index contributed by atoms with van der Waals surface area (Å²) in [6.07, 6.45) is -3.75. The van der Waals surface area contributed by atoms with Gasteiger partial charge >= 0.3 is 12.3 Å². The van der Waals surface area contributed by atoms with Crippen LogP contribution in [0.1, 0.15) is 55.7 Å². The molecule has 0 spiro atoms. The number of amides is 1. The first-order valence-corrected chi connectivity index (χ1v) is 10.3. The second-order valence-corrected chi connectivity index (χ2v) is 7.88. The predicted octanol–water partition coefficient (Wildman–Crippen LogP) is 4.70. The van der Waals surface area contributed by atoms with E-state index >= 15 is 0 Å². The Bertz CT molecular complexity index is 892. The minimum atomic E-state index is -4.66. The molecule has 2 N–H and O–H groups in total. The highest BCUT2D eigenvalue weighted by atomic mass is 19.4. The van der Waals surface area contributed by atoms with Crippen LogP contribution in [0.15, 0.2) is 30.3 Å². The molecular formula is C21H25F3N4O2. The van der Waals surface area contributed by atoms with Gasteiger partial charge in [0.05, 0.1) is 0 Å². The van der Waals surface area contributed by atoms with Gasteiger partial charge in [0.2, 0.25) is 0 Å². The summed E-state index contributed by atoms with van der Waals surface area (Å²) in [5.74, 6) is 0.197. The molecule has 1 aromatic heterocycles. The van der Waals surface area contributed by atoms with E-state index in [0.717, 1.165) is 4.90 Å². The summed E-state index contributed by atoms with van der Waals surface area (Å²) in [7, 11) is 0. The fourth-order valence-electron chi connectivity index (χ4n) is 4.59. The van der Waals surface area contributed by atoms with Crippen molar-refractivity contribution in [1.29, 1.82) is 0 Å². The van der Waals surface area contributed by atoms with E-state index in [1.165, 1.54) is 4.57 Å². The highest BCUT2D eigenvalue weighted by Gasteiger charge is 2.45. The summed E-state index contributed by atoms with van der Waals surface area (Å²) in [5, 5.41) is 12.9. The topological polar surface area (TPSA) is 70.4 Å². The summed E-state index contributed by atoms with van der Waals surface area (Å²) in [4.78, 5) is 17.5. The van der Waals surface area contributed by atoms with Crippen molar-refractivity contribution in [2.45, 2.75) is 50.4 Å². The zero-order valence-electron chi connectivity index (χ0n) is 16.5. The van der Waals surface area contributed by atoms with Crippen LogP contribution in [0.5, 0.6) is 0 Å². The second kappa shape index (κ2) is 8.29. The molecule has 0 bridgehead atoms. The fraction of sp³-hybridized carbons (Fsp3) is 0.524. The number of alkyl halides is 3. The Morgan fingerprint density at radius 3 is 2.43 bits per heavy atom. The zero-order chi connectivity index (χ0) is 21.3. The van der Waals surface area contributed by atoms with Gasteiger partial charge in [-0.25, -0.2) is 9.78 Å². The normalized spacial score (nSPS) is 21.0. The first kappa shape index (κ1) is 20.7. The number of likely N-dealkylation sites (tertiary alicyclic amines) is 1. The van der Waals surface area contributed by atoms with E-state index in [1.807, 2.05) is 0 Å².